The van der Waals surface area contributed by atoms with Crippen LogP contribution in [0.15, 0.2) is 18.2 Å². The zero-order chi connectivity index (χ0) is 13.7. The molecule has 0 saturated carbocycles. The van der Waals surface area contributed by atoms with Gasteiger partial charge in [-0.25, -0.2) is 9.18 Å². The second-order valence-electron chi connectivity index (χ2n) is 3.72. The highest BCUT2D eigenvalue weighted by molar-refractivity contribution is 5.93. The summed E-state index contributed by atoms with van der Waals surface area (Å²) in [5, 5.41) is 2.51. The molecule has 1 rings (SSSR count). The van der Waals surface area contributed by atoms with Gasteiger partial charge in [0.1, 0.15) is 5.82 Å². The van der Waals surface area contributed by atoms with Gasteiger partial charge in [-0.3, -0.25) is 4.79 Å². The summed E-state index contributed by atoms with van der Waals surface area (Å²) in [5.41, 5.74) is 5.50. The quantitative estimate of drug-likeness (QED) is 0.622. The number of carbonyl (C=O) groups excluding carboxylic acids is 2. The largest absolute Gasteiger partial charge is 0.449 e. The minimum absolute atomic E-state index is 0.0244. The number of rotatable bonds is 4. The fourth-order valence-electron chi connectivity index (χ4n) is 1.33. The third kappa shape index (κ3) is 3.73. The molecule has 6 heteroatoms. The van der Waals surface area contributed by atoms with E-state index in [4.69, 9.17) is 10.5 Å². The van der Waals surface area contributed by atoms with E-state index in [1.807, 2.05) is 0 Å². The molecule has 0 aliphatic rings. The van der Waals surface area contributed by atoms with E-state index in [1.54, 1.807) is 6.92 Å². The first kappa shape index (κ1) is 14.0. The fraction of sp³-hybridized carbons (Fsp3) is 0.333. The summed E-state index contributed by atoms with van der Waals surface area (Å²) >= 11 is 0. The third-order valence-corrected chi connectivity index (χ3v) is 2.16. The van der Waals surface area contributed by atoms with E-state index in [9.17, 15) is 14.0 Å². The van der Waals surface area contributed by atoms with Crippen LogP contribution in [0.25, 0.3) is 0 Å². The lowest BCUT2D eigenvalue weighted by Crippen LogP contribution is -2.35. The zero-order valence-electron chi connectivity index (χ0n) is 10.2. The minimum atomic E-state index is -0.943. The molecule has 1 unspecified atom stereocenters. The Bertz CT molecular complexity index is 442. The molecule has 0 aromatic heterocycles. The van der Waals surface area contributed by atoms with Crippen molar-refractivity contribution in [3.63, 3.8) is 0 Å². The van der Waals surface area contributed by atoms with Crippen LogP contribution in [-0.4, -0.2) is 24.5 Å². The number of nitrogen functional groups attached to an aromatic ring is 1. The Labute approximate surface area is 104 Å². The molecule has 0 aliphatic carbocycles. The molecule has 0 radical (unpaired) electrons. The highest BCUT2D eigenvalue weighted by Gasteiger charge is 2.18. The number of esters is 1. The van der Waals surface area contributed by atoms with Crippen LogP contribution in [0, 0.1) is 5.82 Å². The molecule has 0 aliphatic heterocycles. The molecule has 1 aromatic carbocycles. The second kappa shape index (κ2) is 6.00. The van der Waals surface area contributed by atoms with Gasteiger partial charge in [0.15, 0.2) is 6.10 Å². The number of anilines is 1. The molecule has 0 spiro atoms. The summed E-state index contributed by atoms with van der Waals surface area (Å²) in [7, 11) is 0. The summed E-state index contributed by atoms with van der Waals surface area (Å²) in [6.07, 6.45) is -0.943. The van der Waals surface area contributed by atoms with Crippen LogP contribution >= 0.6 is 0 Å². The molecule has 5 nitrogen and oxygen atoms in total. The van der Waals surface area contributed by atoms with Gasteiger partial charge in [-0.05, 0) is 32.0 Å². The average molecular weight is 254 g/mol. The van der Waals surface area contributed by atoms with E-state index < -0.39 is 23.8 Å². The number of amides is 1. The Morgan fingerprint density at radius 2 is 2.11 bits per heavy atom. The number of likely N-dealkylation sites (N-methyl/N-ethyl adjacent to an activating group) is 1. The van der Waals surface area contributed by atoms with Crippen molar-refractivity contribution in [2.45, 2.75) is 20.0 Å². The Morgan fingerprint density at radius 3 is 2.67 bits per heavy atom. The van der Waals surface area contributed by atoms with E-state index >= 15 is 0 Å². The Kier molecular flexibility index (Phi) is 4.65. The van der Waals surface area contributed by atoms with Crippen molar-refractivity contribution in [3.8, 4) is 0 Å². The minimum Gasteiger partial charge on any atom is -0.449 e. The number of benzene rings is 1. The lowest BCUT2D eigenvalue weighted by atomic mass is 10.2. The molecule has 3 N–H and O–H groups in total. The number of ether oxygens (including phenoxy) is 1. The van der Waals surface area contributed by atoms with E-state index in [-0.39, 0.29) is 11.3 Å². The molecule has 0 saturated heterocycles. The molecule has 0 heterocycles. The van der Waals surface area contributed by atoms with E-state index in [0.717, 1.165) is 12.1 Å². The summed E-state index contributed by atoms with van der Waals surface area (Å²) in [6.45, 7) is 3.62. The van der Waals surface area contributed by atoms with Crippen LogP contribution in [-0.2, 0) is 9.53 Å². The number of halogens is 1. The summed E-state index contributed by atoms with van der Waals surface area (Å²) in [4.78, 5) is 23.0. The summed E-state index contributed by atoms with van der Waals surface area (Å²) < 4.78 is 17.9. The van der Waals surface area contributed by atoms with Crippen molar-refractivity contribution < 1.29 is 18.7 Å². The van der Waals surface area contributed by atoms with Gasteiger partial charge in [0.25, 0.3) is 5.91 Å². The van der Waals surface area contributed by atoms with Crippen molar-refractivity contribution in [2.24, 2.45) is 0 Å². The molecule has 18 heavy (non-hydrogen) atoms. The number of nitrogens with one attached hydrogen (secondary N) is 1. The summed E-state index contributed by atoms with van der Waals surface area (Å²) in [5.74, 6) is -1.83. The van der Waals surface area contributed by atoms with Crippen LogP contribution in [0.2, 0.25) is 0 Å². The Hall–Kier alpha value is -2.11. The maximum Gasteiger partial charge on any atom is 0.339 e. The Balaban J connectivity index is 2.73. The first-order valence-corrected chi connectivity index (χ1v) is 5.48. The fourth-order valence-corrected chi connectivity index (χ4v) is 1.33. The van der Waals surface area contributed by atoms with Gasteiger partial charge in [0.05, 0.1) is 5.56 Å². The molecule has 1 aromatic rings. The van der Waals surface area contributed by atoms with Gasteiger partial charge >= 0.3 is 5.97 Å². The maximum absolute atomic E-state index is 13.0. The van der Waals surface area contributed by atoms with Gasteiger partial charge in [0.2, 0.25) is 0 Å². The average Bonchev–Trinajstić information content (AvgIpc) is 2.27. The topological polar surface area (TPSA) is 81.4 Å². The Morgan fingerprint density at radius 1 is 1.44 bits per heavy atom. The van der Waals surface area contributed by atoms with Crippen molar-refractivity contribution >= 4 is 17.6 Å². The predicted octanol–water partition coefficient (Wildman–Crippen LogP) is 1.09. The normalized spacial score (nSPS) is 11.7. The van der Waals surface area contributed by atoms with Gasteiger partial charge in [0, 0.05) is 12.2 Å². The van der Waals surface area contributed by atoms with Gasteiger partial charge < -0.3 is 15.8 Å². The summed E-state index contributed by atoms with van der Waals surface area (Å²) in [6, 6.07) is 3.38. The zero-order valence-corrected chi connectivity index (χ0v) is 10.2. The van der Waals surface area contributed by atoms with Crippen LogP contribution in [0.5, 0.6) is 0 Å². The number of hydrogen-bond donors (Lipinski definition) is 2. The maximum atomic E-state index is 13.0. The molecule has 1 amide bonds. The van der Waals surface area contributed by atoms with Crippen molar-refractivity contribution in [3.05, 3.63) is 29.6 Å². The van der Waals surface area contributed by atoms with E-state index in [0.29, 0.717) is 6.54 Å². The third-order valence-electron chi connectivity index (χ3n) is 2.16. The van der Waals surface area contributed by atoms with E-state index in [2.05, 4.69) is 5.32 Å². The standard InChI is InChI=1S/C12H15FN2O3/c1-3-15-11(16)7(2)18-12(17)8-4-9(13)6-10(14)5-8/h4-7H,3,14H2,1-2H3,(H,15,16). The smallest absolute Gasteiger partial charge is 0.339 e. The number of carbonyl (C=O) groups is 2. The first-order chi connectivity index (χ1) is 8.43. The highest BCUT2D eigenvalue weighted by Crippen LogP contribution is 2.12. The van der Waals surface area contributed by atoms with Crippen LogP contribution in [0.3, 0.4) is 0 Å². The molecule has 98 valence electrons. The SMILES string of the molecule is CCNC(=O)C(C)OC(=O)c1cc(N)cc(F)c1. The van der Waals surface area contributed by atoms with Crippen LogP contribution in [0.4, 0.5) is 10.1 Å². The van der Waals surface area contributed by atoms with Gasteiger partial charge in [-0.15, -0.1) is 0 Å². The van der Waals surface area contributed by atoms with Crippen molar-refractivity contribution in [2.75, 3.05) is 12.3 Å². The molecule has 0 bridgehead atoms. The van der Waals surface area contributed by atoms with Crippen LogP contribution < -0.4 is 11.1 Å². The molecular formula is C12H15FN2O3. The highest BCUT2D eigenvalue weighted by atomic mass is 19.1. The first-order valence-electron chi connectivity index (χ1n) is 5.48. The number of nitrogens with two attached hydrogens (primary N) is 1. The lowest BCUT2D eigenvalue weighted by molar-refractivity contribution is -0.128. The monoisotopic (exact) mass is 254 g/mol. The number of hydrogen-bond acceptors (Lipinski definition) is 4. The van der Waals surface area contributed by atoms with Crippen molar-refractivity contribution in [1.82, 2.24) is 5.32 Å². The van der Waals surface area contributed by atoms with Crippen LogP contribution in [0.1, 0.15) is 24.2 Å². The molecule has 0 fully saturated rings. The molecular weight excluding hydrogens is 239 g/mol. The predicted molar refractivity (Wildman–Crippen MR) is 64.4 cm³/mol. The van der Waals surface area contributed by atoms with Gasteiger partial charge in [-0.2, -0.15) is 0 Å². The lowest BCUT2D eigenvalue weighted by Gasteiger charge is -2.12. The molecule has 1 atom stereocenters. The van der Waals surface area contributed by atoms with Crippen molar-refractivity contribution in [1.29, 1.82) is 0 Å². The van der Waals surface area contributed by atoms with Gasteiger partial charge in [-0.1, -0.05) is 0 Å². The van der Waals surface area contributed by atoms with E-state index in [1.165, 1.54) is 13.0 Å². The second-order valence-corrected chi connectivity index (χ2v) is 3.72.